The van der Waals surface area contributed by atoms with Gasteiger partial charge in [-0.15, -0.1) is 11.3 Å². The lowest BCUT2D eigenvalue weighted by Gasteiger charge is -2.16. The van der Waals surface area contributed by atoms with Crippen LogP contribution >= 0.6 is 11.3 Å². The van der Waals surface area contributed by atoms with Crippen LogP contribution in [0.4, 0.5) is 0 Å². The van der Waals surface area contributed by atoms with Crippen LogP contribution in [0.15, 0.2) is 58.4 Å². The van der Waals surface area contributed by atoms with Crippen LogP contribution in [-0.4, -0.2) is 48.3 Å². The minimum absolute atomic E-state index is 0.0747. The molecule has 0 spiro atoms. The van der Waals surface area contributed by atoms with Gasteiger partial charge < -0.3 is 14.2 Å². The van der Waals surface area contributed by atoms with Crippen LogP contribution in [0.1, 0.15) is 10.4 Å². The molecule has 142 valence electrons. The minimum Gasteiger partial charge on any atom is -0.383 e. The van der Waals surface area contributed by atoms with Crippen LogP contribution in [-0.2, 0) is 4.74 Å². The number of rotatable bonds is 6. The Morgan fingerprint density at radius 2 is 2.04 bits per heavy atom. The first-order chi connectivity index (χ1) is 13.7. The number of methoxy groups -OCH3 is 1. The second-order valence-corrected chi connectivity index (χ2v) is 7.22. The van der Waals surface area contributed by atoms with E-state index in [1.807, 2.05) is 41.8 Å². The molecule has 0 saturated heterocycles. The van der Waals surface area contributed by atoms with Gasteiger partial charge in [0.1, 0.15) is 16.4 Å². The Balaban J connectivity index is 1.67. The fourth-order valence-electron chi connectivity index (χ4n) is 2.90. The first kappa shape index (κ1) is 18.3. The van der Waals surface area contributed by atoms with E-state index >= 15 is 0 Å². The van der Waals surface area contributed by atoms with Gasteiger partial charge in [-0.3, -0.25) is 4.79 Å². The van der Waals surface area contributed by atoms with Gasteiger partial charge in [-0.2, -0.15) is 0 Å². The molecule has 4 rings (SSSR count). The number of hydrogen-bond acceptors (Lipinski definition) is 6. The molecule has 28 heavy (non-hydrogen) atoms. The monoisotopic (exact) mass is 393 g/mol. The van der Waals surface area contributed by atoms with Crippen molar-refractivity contribution >= 4 is 28.2 Å². The maximum Gasteiger partial charge on any atom is 0.253 e. The van der Waals surface area contributed by atoms with Crippen molar-refractivity contribution < 1.29 is 14.1 Å². The molecule has 0 fully saturated rings. The lowest BCUT2D eigenvalue weighted by atomic mass is 10.1. The third-order valence-electron chi connectivity index (χ3n) is 4.46. The van der Waals surface area contributed by atoms with Gasteiger partial charge in [-0.25, -0.2) is 4.98 Å². The zero-order chi connectivity index (χ0) is 19.5. The molecule has 4 aromatic rings. The molecule has 0 atom stereocenters. The highest BCUT2D eigenvalue weighted by molar-refractivity contribution is 7.13. The van der Waals surface area contributed by atoms with Crippen molar-refractivity contribution in [3.05, 3.63) is 59.5 Å². The number of amides is 1. The van der Waals surface area contributed by atoms with Gasteiger partial charge in [0.05, 0.1) is 12.0 Å². The molecule has 7 heteroatoms. The molecule has 0 aliphatic rings. The van der Waals surface area contributed by atoms with Gasteiger partial charge in [0, 0.05) is 37.2 Å². The first-order valence-electron chi connectivity index (χ1n) is 8.82. The van der Waals surface area contributed by atoms with E-state index in [2.05, 4.69) is 5.16 Å². The van der Waals surface area contributed by atoms with Crippen LogP contribution in [0, 0.1) is 0 Å². The highest BCUT2D eigenvalue weighted by Gasteiger charge is 2.18. The van der Waals surface area contributed by atoms with Crippen molar-refractivity contribution in [1.29, 1.82) is 0 Å². The van der Waals surface area contributed by atoms with E-state index in [0.717, 1.165) is 21.7 Å². The molecule has 0 unspecified atom stereocenters. The molecule has 2 aromatic carbocycles. The number of likely N-dealkylation sites (N-methyl/N-ethyl adjacent to an activating group) is 1. The largest absolute Gasteiger partial charge is 0.383 e. The summed E-state index contributed by atoms with van der Waals surface area (Å²) in [4.78, 5) is 19.0. The maximum absolute atomic E-state index is 12.7. The van der Waals surface area contributed by atoms with Gasteiger partial charge >= 0.3 is 0 Å². The van der Waals surface area contributed by atoms with E-state index in [1.54, 1.807) is 42.5 Å². The molecule has 0 aliphatic heterocycles. The number of aromatic nitrogens is 2. The van der Waals surface area contributed by atoms with E-state index in [0.29, 0.717) is 30.0 Å². The van der Waals surface area contributed by atoms with E-state index in [1.165, 1.54) is 0 Å². The number of ether oxygens (including phenoxy) is 1. The average Bonchev–Trinajstić information content (AvgIpc) is 3.38. The summed E-state index contributed by atoms with van der Waals surface area (Å²) in [6.45, 7) is 1.01. The van der Waals surface area contributed by atoms with Crippen LogP contribution in [0.5, 0.6) is 0 Å². The van der Waals surface area contributed by atoms with Crippen LogP contribution < -0.4 is 0 Å². The number of carbonyl (C=O) groups excluding carboxylic acids is 1. The smallest absolute Gasteiger partial charge is 0.253 e. The number of carbonyl (C=O) groups is 1. The van der Waals surface area contributed by atoms with E-state index in [9.17, 15) is 4.79 Å². The van der Waals surface area contributed by atoms with E-state index in [-0.39, 0.29) is 5.91 Å². The minimum atomic E-state index is -0.0747. The Morgan fingerprint density at radius 3 is 2.82 bits per heavy atom. The van der Waals surface area contributed by atoms with Gasteiger partial charge in [0.25, 0.3) is 5.91 Å². The number of thiazole rings is 1. The third-order valence-corrected chi connectivity index (χ3v) is 5.35. The van der Waals surface area contributed by atoms with Crippen molar-refractivity contribution in [3.63, 3.8) is 0 Å². The van der Waals surface area contributed by atoms with Crippen molar-refractivity contribution in [2.45, 2.75) is 0 Å². The third kappa shape index (κ3) is 3.54. The van der Waals surface area contributed by atoms with Crippen LogP contribution in [0.2, 0.25) is 0 Å². The predicted octanol–water partition coefficient (Wildman–Crippen LogP) is 4.34. The predicted molar refractivity (Wildman–Crippen MR) is 109 cm³/mol. The second-order valence-electron chi connectivity index (χ2n) is 6.37. The molecule has 0 N–H and O–H groups in total. The molecule has 1 amide bonds. The maximum atomic E-state index is 12.7. The summed E-state index contributed by atoms with van der Waals surface area (Å²) in [5.74, 6) is -0.0747. The Bertz CT molecular complexity index is 1100. The highest BCUT2D eigenvalue weighted by Crippen LogP contribution is 2.32. The van der Waals surface area contributed by atoms with Gasteiger partial charge in [0.2, 0.25) is 0 Å². The quantitative estimate of drug-likeness (QED) is 0.487. The molecule has 2 aromatic heterocycles. The zero-order valence-corrected chi connectivity index (χ0v) is 16.4. The fraction of sp³-hybridized carbons (Fsp3) is 0.190. The number of benzene rings is 2. The summed E-state index contributed by atoms with van der Waals surface area (Å²) < 4.78 is 10.5. The van der Waals surface area contributed by atoms with Crippen molar-refractivity contribution in [2.24, 2.45) is 0 Å². The molecule has 0 saturated carbocycles. The Labute approximate surface area is 166 Å². The molecule has 0 radical (unpaired) electrons. The molecular weight excluding hydrogens is 374 g/mol. The van der Waals surface area contributed by atoms with Gasteiger partial charge in [-0.1, -0.05) is 35.5 Å². The van der Waals surface area contributed by atoms with Crippen molar-refractivity contribution in [2.75, 3.05) is 27.3 Å². The van der Waals surface area contributed by atoms with Crippen LogP contribution in [0.25, 0.3) is 32.9 Å². The average molecular weight is 393 g/mol. The standard InChI is InChI=1S/C21H19N3O3S/c1-24(10-11-26-2)21(25)15-8-9-18-16(12-15)19(23-27-18)17-13-28-20(22-17)14-6-4-3-5-7-14/h3-9,12-13H,10-11H2,1-2H3. The Hall–Kier alpha value is -3.03. The lowest BCUT2D eigenvalue weighted by Crippen LogP contribution is -2.29. The number of nitrogens with zero attached hydrogens (tertiary/aromatic N) is 3. The molecule has 6 nitrogen and oxygen atoms in total. The summed E-state index contributed by atoms with van der Waals surface area (Å²) in [5.41, 5.74) is 3.64. The molecular formula is C21H19N3O3S. The van der Waals surface area contributed by atoms with E-state index < -0.39 is 0 Å². The molecule has 0 aliphatic carbocycles. The van der Waals surface area contributed by atoms with Gasteiger partial charge in [0.15, 0.2) is 5.58 Å². The summed E-state index contributed by atoms with van der Waals surface area (Å²) in [6.07, 6.45) is 0. The summed E-state index contributed by atoms with van der Waals surface area (Å²) in [6, 6.07) is 15.3. The van der Waals surface area contributed by atoms with Crippen LogP contribution in [0.3, 0.4) is 0 Å². The highest BCUT2D eigenvalue weighted by atomic mass is 32.1. The summed E-state index contributed by atoms with van der Waals surface area (Å²) in [5, 5.41) is 7.84. The number of hydrogen-bond donors (Lipinski definition) is 0. The fourth-order valence-corrected chi connectivity index (χ4v) is 3.71. The number of fused-ring (bicyclic) bond motifs is 1. The summed E-state index contributed by atoms with van der Waals surface area (Å²) in [7, 11) is 3.37. The topological polar surface area (TPSA) is 68.5 Å². The second kappa shape index (κ2) is 7.92. The normalized spacial score (nSPS) is 11.1. The molecule has 2 heterocycles. The Kier molecular flexibility index (Phi) is 5.18. The Morgan fingerprint density at radius 1 is 1.21 bits per heavy atom. The first-order valence-corrected chi connectivity index (χ1v) is 9.70. The zero-order valence-electron chi connectivity index (χ0n) is 15.6. The van der Waals surface area contributed by atoms with Gasteiger partial charge in [-0.05, 0) is 18.2 Å². The van der Waals surface area contributed by atoms with E-state index in [4.69, 9.17) is 14.2 Å². The summed E-state index contributed by atoms with van der Waals surface area (Å²) >= 11 is 1.55. The van der Waals surface area contributed by atoms with Crippen molar-refractivity contribution in [3.8, 4) is 22.0 Å². The molecule has 0 bridgehead atoms. The lowest BCUT2D eigenvalue weighted by molar-refractivity contribution is 0.0744. The van der Waals surface area contributed by atoms with Crippen molar-refractivity contribution in [1.82, 2.24) is 15.0 Å². The SMILES string of the molecule is COCCN(C)C(=O)c1ccc2onc(-c3csc(-c4ccccc4)n3)c2c1.